The van der Waals surface area contributed by atoms with Crippen molar-refractivity contribution in [3.63, 3.8) is 0 Å². The Kier molecular flexibility index (Phi) is 2.73. The lowest BCUT2D eigenvalue weighted by Gasteiger charge is -2.14. The Balaban J connectivity index is 0.000000853. The van der Waals surface area contributed by atoms with E-state index in [4.69, 9.17) is 0 Å². The summed E-state index contributed by atoms with van der Waals surface area (Å²) < 4.78 is 0. The summed E-state index contributed by atoms with van der Waals surface area (Å²) in [6.07, 6.45) is 6.11. The molecular weight excluding hydrogens is 252 g/mol. The summed E-state index contributed by atoms with van der Waals surface area (Å²) in [5, 5.41) is 4.58. The summed E-state index contributed by atoms with van der Waals surface area (Å²) in [5.41, 5.74) is 3.50. The van der Waals surface area contributed by atoms with Crippen molar-refractivity contribution in [1.82, 2.24) is 4.98 Å². The number of pyridine rings is 1. The Labute approximate surface area is 98.8 Å². The first kappa shape index (κ1) is 10.2. The van der Waals surface area contributed by atoms with Gasteiger partial charge in [-0.1, -0.05) is 18.2 Å². The van der Waals surface area contributed by atoms with Gasteiger partial charge in [-0.15, -0.1) is 17.0 Å². The first-order valence-electron chi connectivity index (χ1n) is 4.73. The van der Waals surface area contributed by atoms with E-state index in [0.29, 0.717) is 0 Å². The number of fused-ring (bicyclic) bond motifs is 3. The molecule has 1 aromatic heterocycles. The third-order valence-corrected chi connectivity index (χ3v) is 2.51. The number of halogens is 1. The Morgan fingerprint density at radius 1 is 1.20 bits per heavy atom. The van der Waals surface area contributed by atoms with Gasteiger partial charge in [-0.2, -0.15) is 0 Å². The highest BCUT2D eigenvalue weighted by molar-refractivity contribution is 8.93. The molecule has 0 amide bonds. The van der Waals surface area contributed by atoms with Crippen LogP contribution in [-0.4, -0.2) is 11.5 Å². The lowest BCUT2D eigenvalue weighted by atomic mass is 10.0. The van der Waals surface area contributed by atoms with Crippen LogP contribution in [0.3, 0.4) is 0 Å². The minimum atomic E-state index is 0. The van der Waals surface area contributed by atoms with Crippen LogP contribution in [-0.2, 0) is 0 Å². The standard InChI is InChI=1S/C12H10N2.BrH/c1-3-9-5-6-11-10(4-2-7-13-11)12(9)14-8-1;/h1-7,14H,8H2;1H. The first-order valence-corrected chi connectivity index (χ1v) is 4.73. The maximum atomic E-state index is 4.33. The van der Waals surface area contributed by atoms with E-state index in [9.17, 15) is 0 Å². The SMILES string of the molecule is Br.C1=Cc2ccc3ncccc3c2NC1. The molecule has 2 heterocycles. The average Bonchev–Trinajstić information content (AvgIpc) is 2.29. The topological polar surface area (TPSA) is 24.9 Å². The van der Waals surface area contributed by atoms with E-state index in [1.165, 1.54) is 16.6 Å². The summed E-state index contributed by atoms with van der Waals surface area (Å²) in [6.45, 7) is 0.904. The van der Waals surface area contributed by atoms with Crippen LogP contribution in [0.5, 0.6) is 0 Å². The molecule has 3 heteroatoms. The minimum absolute atomic E-state index is 0. The van der Waals surface area contributed by atoms with Gasteiger partial charge in [-0.3, -0.25) is 4.98 Å². The lowest BCUT2D eigenvalue weighted by Crippen LogP contribution is -2.04. The summed E-state index contributed by atoms with van der Waals surface area (Å²) in [5.74, 6) is 0. The molecule has 0 unspecified atom stereocenters. The molecule has 0 radical (unpaired) electrons. The normalized spacial score (nSPS) is 12.8. The Hall–Kier alpha value is -1.35. The molecule has 0 spiro atoms. The predicted octanol–water partition coefficient (Wildman–Crippen LogP) is 3.25. The van der Waals surface area contributed by atoms with Crippen molar-refractivity contribution in [2.75, 3.05) is 11.9 Å². The molecule has 1 aliphatic rings. The zero-order valence-corrected chi connectivity index (χ0v) is 9.82. The zero-order valence-electron chi connectivity index (χ0n) is 8.10. The maximum Gasteiger partial charge on any atom is 0.0723 e. The molecule has 0 aliphatic carbocycles. The molecule has 2 nitrogen and oxygen atoms in total. The Bertz CT molecular complexity index is 520. The fraction of sp³-hybridized carbons (Fsp3) is 0.0833. The predicted molar refractivity (Wildman–Crippen MR) is 69.6 cm³/mol. The van der Waals surface area contributed by atoms with E-state index in [0.717, 1.165) is 12.1 Å². The van der Waals surface area contributed by atoms with Crippen molar-refractivity contribution < 1.29 is 0 Å². The fourth-order valence-corrected chi connectivity index (χ4v) is 1.85. The first-order chi connectivity index (χ1) is 6.95. The zero-order chi connectivity index (χ0) is 9.38. The van der Waals surface area contributed by atoms with Crippen LogP contribution in [0.4, 0.5) is 5.69 Å². The highest BCUT2D eigenvalue weighted by atomic mass is 79.9. The second-order valence-corrected chi connectivity index (χ2v) is 3.38. The number of hydrogen-bond acceptors (Lipinski definition) is 2. The van der Waals surface area contributed by atoms with Crippen LogP contribution >= 0.6 is 17.0 Å². The number of rotatable bonds is 0. The average molecular weight is 263 g/mol. The van der Waals surface area contributed by atoms with Crippen LogP contribution in [0, 0.1) is 0 Å². The van der Waals surface area contributed by atoms with Crippen LogP contribution in [0.2, 0.25) is 0 Å². The van der Waals surface area contributed by atoms with Crippen molar-refractivity contribution in [3.8, 4) is 0 Å². The van der Waals surface area contributed by atoms with E-state index >= 15 is 0 Å². The minimum Gasteiger partial charge on any atom is -0.381 e. The molecule has 3 rings (SSSR count). The Morgan fingerprint density at radius 3 is 3.07 bits per heavy atom. The fourth-order valence-electron chi connectivity index (χ4n) is 1.85. The largest absolute Gasteiger partial charge is 0.381 e. The van der Waals surface area contributed by atoms with Crippen molar-refractivity contribution >= 4 is 39.6 Å². The monoisotopic (exact) mass is 262 g/mol. The van der Waals surface area contributed by atoms with Gasteiger partial charge >= 0.3 is 0 Å². The smallest absolute Gasteiger partial charge is 0.0723 e. The molecule has 76 valence electrons. The number of aromatic nitrogens is 1. The molecule has 15 heavy (non-hydrogen) atoms. The van der Waals surface area contributed by atoms with Gasteiger partial charge in [-0.25, -0.2) is 0 Å². The van der Waals surface area contributed by atoms with Crippen LogP contribution in [0.1, 0.15) is 5.56 Å². The quantitative estimate of drug-likeness (QED) is 0.789. The van der Waals surface area contributed by atoms with E-state index in [2.05, 4.69) is 40.7 Å². The second kappa shape index (κ2) is 4.03. The highest BCUT2D eigenvalue weighted by Crippen LogP contribution is 2.28. The molecule has 1 aliphatic heterocycles. The second-order valence-electron chi connectivity index (χ2n) is 3.38. The van der Waals surface area contributed by atoms with Crippen molar-refractivity contribution in [1.29, 1.82) is 0 Å². The van der Waals surface area contributed by atoms with Crippen molar-refractivity contribution in [2.24, 2.45) is 0 Å². The number of hydrogen-bond donors (Lipinski definition) is 1. The number of anilines is 1. The van der Waals surface area contributed by atoms with E-state index in [-0.39, 0.29) is 17.0 Å². The van der Waals surface area contributed by atoms with Crippen LogP contribution in [0.15, 0.2) is 36.5 Å². The van der Waals surface area contributed by atoms with E-state index in [1.807, 2.05) is 12.3 Å². The maximum absolute atomic E-state index is 4.33. The lowest BCUT2D eigenvalue weighted by molar-refractivity contribution is 1.31. The van der Waals surface area contributed by atoms with Gasteiger partial charge in [0.15, 0.2) is 0 Å². The molecule has 1 N–H and O–H groups in total. The van der Waals surface area contributed by atoms with Crippen molar-refractivity contribution in [3.05, 3.63) is 42.1 Å². The van der Waals surface area contributed by atoms with Crippen LogP contribution in [0.25, 0.3) is 17.0 Å². The molecule has 0 bridgehead atoms. The van der Waals surface area contributed by atoms with Gasteiger partial charge in [0.1, 0.15) is 0 Å². The molecule has 0 atom stereocenters. The van der Waals surface area contributed by atoms with Crippen LogP contribution < -0.4 is 5.32 Å². The molecule has 0 fully saturated rings. The summed E-state index contributed by atoms with van der Waals surface area (Å²) in [4.78, 5) is 4.33. The molecule has 0 saturated carbocycles. The van der Waals surface area contributed by atoms with Gasteiger partial charge in [0.25, 0.3) is 0 Å². The molecule has 0 saturated heterocycles. The van der Waals surface area contributed by atoms with Gasteiger partial charge < -0.3 is 5.32 Å². The summed E-state index contributed by atoms with van der Waals surface area (Å²) >= 11 is 0. The highest BCUT2D eigenvalue weighted by Gasteiger charge is 2.07. The van der Waals surface area contributed by atoms with Crippen molar-refractivity contribution in [2.45, 2.75) is 0 Å². The molecule has 1 aromatic carbocycles. The summed E-state index contributed by atoms with van der Waals surface area (Å²) in [6, 6.07) is 8.24. The number of benzene rings is 1. The van der Waals surface area contributed by atoms with Gasteiger partial charge in [-0.05, 0) is 23.8 Å². The number of nitrogens with one attached hydrogen (secondary N) is 1. The third-order valence-electron chi connectivity index (χ3n) is 2.51. The number of nitrogens with zero attached hydrogens (tertiary/aromatic N) is 1. The summed E-state index contributed by atoms with van der Waals surface area (Å²) in [7, 11) is 0. The van der Waals surface area contributed by atoms with Gasteiger partial charge in [0, 0.05) is 18.1 Å². The van der Waals surface area contributed by atoms with E-state index in [1.54, 1.807) is 0 Å². The van der Waals surface area contributed by atoms with Gasteiger partial charge in [0.2, 0.25) is 0 Å². The molecular formula is C12H11BrN2. The molecule has 2 aromatic rings. The third kappa shape index (κ3) is 1.63. The van der Waals surface area contributed by atoms with Gasteiger partial charge in [0.05, 0.1) is 11.2 Å². The van der Waals surface area contributed by atoms with E-state index < -0.39 is 0 Å². The Morgan fingerprint density at radius 2 is 2.13 bits per heavy atom.